The fourth-order valence-corrected chi connectivity index (χ4v) is 7.68. The average molecular weight is 701 g/mol. The smallest absolute Gasteiger partial charge is 0.407 e. The number of aryl methyl sites for hydroxylation is 1. The van der Waals surface area contributed by atoms with Crippen LogP contribution in [0.1, 0.15) is 73.1 Å². The Bertz CT molecular complexity index is 1660. The SMILES string of the molecule is O=C(NCCCCC1NC(=O)C2(CCN(CCCCc3ccccc3)CC2)N(CC(c2ccccc2)c2ccccc2)C1=O)OCc1ccccc1. The van der Waals surface area contributed by atoms with Gasteiger partial charge in [-0.2, -0.15) is 0 Å². The first-order valence-electron chi connectivity index (χ1n) is 18.9. The van der Waals surface area contributed by atoms with Crippen LogP contribution in [0.4, 0.5) is 4.79 Å². The van der Waals surface area contributed by atoms with Crippen LogP contribution in [0.15, 0.2) is 121 Å². The fraction of sp³-hybridized carbons (Fsp3) is 0.386. The highest BCUT2D eigenvalue weighted by molar-refractivity contribution is 6.00. The first kappa shape index (κ1) is 36.8. The second-order valence-corrected chi connectivity index (χ2v) is 14.1. The number of likely N-dealkylation sites (tertiary alicyclic amines) is 1. The second kappa shape index (κ2) is 18.5. The molecule has 0 aliphatic carbocycles. The van der Waals surface area contributed by atoms with Crippen LogP contribution in [0.3, 0.4) is 0 Å². The molecule has 272 valence electrons. The van der Waals surface area contributed by atoms with Crippen LogP contribution in [0, 0.1) is 0 Å². The molecule has 4 aromatic carbocycles. The van der Waals surface area contributed by atoms with Crippen molar-refractivity contribution in [3.63, 3.8) is 0 Å². The number of piperidine rings is 1. The third-order valence-corrected chi connectivity index (χ3v) is 10.7. The van der Waals surface area contributed by atoms with Crippen LogP contribution in [0.25, 0.3) is 0 Å². The molecule has 1 spiro atoms. The minimum atomic E-state index is -0.889. The number of amides is 3. The monoisotopic (exact) mass is 700 g/mol. The Hall–Kier alpha value is -4.95. The molecule has 0 radical (unpaired) electrons. The van der Waals surface area contributed by atoms with Gasteiger partial charge in [0, 0.05) is 32.1 Å². The predicted molar refractivity (Wildman–Crippen MR) is 205 cm³/mol. The summed E-state index contributed by atoms with van der Waals surface area (Å²) in [5.74, 6) is -0.122. The quantitative estimate of drug-likeness (QED) is 0.122. The lowest BCUT2D eigenvalue weighted by atomic mass is 9.79. The molecule has 2 fully saturated rings. The van der Waals surface area contributed by atoms with Gasteiger partial charge < -0.3 is 25.2 Å². The molecule has 52 heavy (non-hydrogen) atoms. The third-order valence-electron chi connectivity index (χ3n) is 10.7. The topological polar surface area (TPSA) is 91.0 Å². The lowest BCUT2D eigenvalue weighted by Crippen LogP contribution is -2.73. The highest BCUT2D eigenvalue weighted by Crippen LogP contribution is 2.37. The molecule has 0 aromatic heterocycles. The van der Waals surface area contributed by atoms with Crippen LogP contribution in [0.2, 0.25) is 0 Å². The van der Waals surface area contributed by atoms with Crippen molar-refractivity contribution in [3.05, 3.63) is 144 Å². The Morgan fingerprint density at radius 3 is 1.94 bits per heavy atom. The zero-order valence-electron chi connectivity index (χ0n) is 30.1. The van der Waals surface area contributed by atoms with Crippen molar-refractivity contribution < 1.29 is 19.1 Å². The molecular weight excluding hydrogens is 649 g/mol. The molecule has 4 aromatic rings. The maximum absolute atomic E-state index is 14.6. The summed E-state index contributed by atoms with van der Waals surface area (Å²) >= 11 is 0. The molecule has 6 rings (SSSR count). The Kier molecular flexibility index (Phi) is 13.1. The highest BCUT2D eigenvalue weighted by Gasteiger charge is 2.53. The van der Waals surface area contributed by atoms with Crippen molar-refractivity contribution in [2.45, 2.75) is 75.5 Å². The van der Waals surface area contributed by atoms with Gasteiger partial charge in [0.15, 0.2) is 0 Å². The molecule has 8 heteroatoms. The number of nitrogens with one attached hydrogen (secondary N) is 2. The average Bonchev–Trinajstić information content (AvgIpc) is 3.19. The van der Waals surface area contributed by atoms with Gasteiger partial charge in [-0.3, -0.25) is 9.59 Å². The number of hydrogen-bond donors (Lipinski definition) is 2. The van der Waals surface area contributed by atoms with Crippen molar-refractivity contribution in [2.75, 3.05) is 32.7 Å². The number of alkyl carbamates (subject to hydrolysis) is 1. The van der Waals surface area contributed by atoms with E-state index < -0.39 is 17.7 Å². The van der Waals surface area contributed by atoms with Crippen LogP contribution in [-0.2, 0) is 27.4 Å². The molecule has 3 amide bonds. The van der Waals surface area contributed by atoms with Gasteiger partial charge in [0.1, 0.15) is 18.2 Å². The zero-order valence-corrected chi connectivity index (χ0v) is 30.1. The largest absolute Gasteiger partial charge is 0.445 e. The van der Waals surface area contributed by atoms with Gasteiger partial charge in [0.25, 0.3) is 0 Å². The summed E-state index contributed by atoms with van der Waals surface area (Å²) < 4.78 is 5.33. The second-order valence-electron chi connectivity index (χ2n) is 14.1. The summed E-state index contributed by atoms with van der Waals surface area (Å²) in [6, 6.07) is 40.2. The molecule has 1 unspecified atom stereocenters. The van der Waals surface area contributed by atoms with E-state index in [0.717, 1.165) is 55.6 Å². The molecule has 2 saturated heterocycles. The first-order chi connectivity index (χ1) is 25.5. The lowest BCUT2D eigenvalue weighted by molar-refractivity contribution is -0.161. The van der Waals surface area contributed by atoms with E-state index in [-0.39, 0.29) is 24.3 Å². The van der Waals surface area contributed by atoms with Crippen molar-refractivity contribution in [1.29, 1.82) is 0 Å². The van der Waals surface area contributed by atoms with Gasteiger partial charge in [0.2, 0.25) is 11.8 Å². The van der Waals surface area contributed by atoms with Crippen LogP contribution in [-0.4, -0.2) is 72.0 Å². The Labute approximate surface area is 308 Å². The van der Waals surface area contributed by atoms with E-state index in [9.17, 15) is 14.4 Å². The molecule has 2 N–H and O–H groups in total. The van der Waals surface area contributed by atoms with E-state index >= 15 is 0 Å². The highest BCUT2D eigenvalue weighted by atomic mass is 16.5. The normalized spacial score (nSPS) is 17.2. The minimum absolute atomic E-state index is 0.0111. The number of ether oxygens (including phenoxy) is 1. The molecule has 0 saturated carbocycles. The van der Waals surface area contributed by atoms with Gasteiger partial charge in [-0.25, -0.2) is 4.79 Å². The maximum Gasteiger partial charge on any atom is 0.407 e. The maximum atomic E-state index is 14.6. The number of benzene rings is 4. The van der Waals surface area contributed by atoms with E-state index in [4.69, 9.17) is 4.74 Å². The molecule has 2 heterocycles. The van der Waals surface area contributed by atoms with Gasteiger partial charge in [0.05, 0.1) is 0 Å². The summed E-state index contributed by atoms with van der Waals surface area (Å²) in [5.41, 5.74) is 3.66. The number of rotatable bonds is 16. The zero-order chi connectivity index (χ0) is 36.0. The number of carbonyl (C=O) groups excluding carboxylic acids is 3. The van der Waals surface area contributed by atoms with Crippen molar-refractivity contribution in [1.82, 2.24) is 20.4 Å². The fourth-order valence-electron chi connectivity index (χ4n) is 7.68. The van der Waals surface area contributed by atoms with Gasteiger partial charge in [-0.1, -0.05) is 121 Å². The van der Waals surface area contributed by atoms with E-state index in [1.54, 1.807) is 0 Å². The van der Waals surface area contributed by atoms with Gasteiger partial charge >= 0.3 is 6.09 Å². The predicted octanol–water partition coefficient (Wildman–Crippen LogP) is 7.10. The van der Waals surface area contributed by atoms with E-state index in [0.29, 0.717) is 45.2 Å². The standard InChI is InChI=1S/C44H52N4O4/c49-41-40(26-13-15-29-45-43(51)52-34-36-20-7-2-8-21-36)46-42(50)44(27-31-47(32-28-44)30-16-14-19-35-17-5-1-6-18-35)48(41)33-39(37-22-9-3-10-23-37)38-24-11-4-12-25-38/h1-12,17-18,20-25,39-40H,13-16,19,26-34H2,(H,45,51)(H,46,50). The van der Waals surface area contributed by atoms with E-state index in [2.05, 4.69) is 70.1 Å². The van der Waals surface area contributed by atoms with Crippen molar-refractivity contribution in [3.8, 4) is 0 Å². The van der Waals surface area contributed by atoms with Crippen LogP contribution >= 0.6 is 0 Å². The molecule has 0 bridgehead atoms. The third kappa shape index (κ3) is 9.68. The number of piperazine rings is 1. The number of nitrogens with zero attached hydrogens (tertiary/aromatic N) is 2. The van der Waals surface area contributed by atoms with Crippen LogP contribution in [0.5, 0.6) is 0 Å². The Balaban J connectivity index is 1.09. The summed E-state index contributed by atoms with van der Waals surface area (Å²) in [4.78, 5) is 45.5. The molecule has 8 nitrogen and oxygen atoms in total. The molecule has 1 atom stereocenters. The Morgan fingerprint density at radius 2 is 1.33 bits per heavy atom. The van der Waals surface area contributed by atoms with Crippen molar-refractivity contribution >= 4 is 17.9 Å². The van der Waals surface area contributed by atoms with Gasteiger partial charge in [-0.05, 0) is 80.2 Å². The first-order valence-corrected chi connectivity index (χ1v) is 18.9. The number of carbonyl (C=O) groups is 3. The summed E-state index contributed by atoms with van der Waals surface area (Å²) in [6.07, 6.45) is 5.90. The number of hydrogen-bond acceptors (Lipinski definition) is 5. The number of unbranched alkanes of at least 4 members (excludes halogenated alkanes) is 2. The summed E-state index contributed by atoms with van der Waals surface area (Å²) in [6.45, 7) is 3.63. The van der Waals surface area contributed by atoms with Crippen LogP contribution < -0.4 is 10.6 Å². The van der Waals surface area contributed by atoms with Gasteiger partial charge in [-0.15, -0.1) is 0 Å². The van der Waals surface area contributed by atoms with E-state index in [1.807, 2.05) is 71.6 Å². The van der Waals surface area contributed by atoms with E-state index in [1.165, 1.54) is 5.56 Å². The molecule has 2 aliphatic rings. The summed E-state index contributed by atoms with van der Waals surface area (Å²) in [7, 11) is 0. The van der Waals surface area contributed by atoms with Crippen molar-refractivity contribution in [2.24, 2.45) is 0 Å². The molecule has 2 aliphatic heterocycles. The summed E-state index contributed by atoms with van der Waals surface area (Å²) in [5, 5.41) is 5.98. The Morgan fingerprint density at radius 1 is 0.750 bits per heavy atom. The minimum Gasteiger partial charge on any atom is -0.445 e. The lowest BCUT2D eigenvalue weighted by Gasteiger charge is -2.52. The molecular formula is C44H52N4O4.